The number of fused-ring (bicyclic) bond motifs is 5. The lowest BCUT2D eigenvalue weighted by atomic mass is 9.76. The minimum Gasteiger partial charge on any atom is -0.420 e. The summed E-state index contributed by atoms with van der Waals surface area (Å²) in [5, 5.41) is 0. The first kappa shape index (κ1) is 20.9. The quantitative estimate of drug-likeness (QED) is 0.463. The van der Waals surface area contributed by atoms with Gasteiger partial charge >= 0.3 is 8.56 Å². The molecule has 0 radical (unpaired) electrons. The average Bonchev–Trinajstić information content (AvgIpc) is 3.25. The Morgan fingerprint density at radius 2 is 1.63 bits per heavy atom. The second-order valence-corrected chi connectivity index (χ2v) is 19.7. The normalized spacial score (nSPS) is 49.8. The fourth-order valence-electron chi connectivity index (χ4n) is 6.61. The van der Waals surface area contributed by atoms with Gasteiger partial charge in [-0.25, -0.2) is 0 Å². The van der Waals surface area contributed by atoms with Gasteiger partial charge in [-0.05, 0) is 93.9 Å². The molecule has 2 bridgehead atoms. The Bertz CT molecular complexity index is 498. The van der Waals surface area contributed by atoms with Gasteiger partial charge in [0.2, 0.25) is 0 Å². The minimum absolute atomic E-state index is 0.837. The summed E-state index contributed by atoms with van der Waals surface area (Å²) in [5.74, 6) is 4.97. The van der Waals surface area contributed by atoms with Crippen LogP contribution in [-0.4, -0.2) is 49.6 Å². The zero-order valence-electron chi connectivity index (χ0n) is 17.5. The van der Waals surface area contributed by atoms with Crippen LogP contribution in [0.3, 0.4) is 0 Å². The van der Waals surface area contributed by atoms with E-state index in [0.29, 0.717) is 0 Å². The second kappa shape index (κ2) is 8.81. The Balaban J connectivity index is 1.17. The number of hydrogen-bond acceptors (Lipinski definition) is 5. The van der Waals surface area contributed by atoms with Crippen LogP contribution < -0.4 is 0 Å². The van der Waals surface area contributed by atoms with E-state index in [9.17, 15) is 0 Å². The molecule has 0 N–H and O–H groups in total. The standard InChI is InChI=1S/C18H38O5Si4/c1-24-20-25(2)22-27(4,23-26(3)21-24)10-6-9-19-13-15-11-14-12-18(15)17-8-5-7-16(14)17/h14-18,24-26H,5-13H2,1-4H3. The molecule has 4 fully saturated rings. The monoisotopic (exact) mass is 446 g/mol. The summed E-state index contributed by atoms with van der Waals surface area (Å²) in [6.45, 7) is 10.3. The first-order valence-corrected chi connectivity index (χ1v) is 20.0. The number of ether oxygens (including phenoxy) is 1. The summed E-state index contributed by atoms with van der Waals surface area (Å²) in [6, 6.07) is 0.992. The van der Waals surface area contributed by atoms with Crippen LogP contribution in [0.15, 0.2) is 0 Å². The molecule has 1 saturated heterocycles. The molecule has 3 saturated carbocycles. The van der Waals surface area contributed by atoms with Crippen molar-refractivity contribution in [3.05, 3.63) is 0 Å². The highest BCUT2D eigenvalue weighted by atomic mass is 28.5. The Labute approximate surface area is 171 Å². The first-order chi connectivity index (χ1) is 12.9. The molecular formula is C18H38O5Si4. The fraction of sp³-hybridized carbons (Fsp3) is 1.00. The lowest BCUT2D eigenvalue weighted by Crippen LogP contribution is -2.53. The molecule has 4 aliphatic rings. The third-order valence-corrected chi connectivity index (χ3v) is 21.5. The van der Waals surface area contributed by atoms with Crippen molar-refractivity contribution in [2.24, 2.45) is 29.6 Å². The molecule has 27 heavy (non-hydrogen) atoms. The predicted molar refractivity (Wildman–Crippen MR) is 116 cm³/mol. The minimum atomic E-state index is -2.17. The van der Waals surface area contributed by atoms with Crippen molar-refractivity contribution in [1.82, 2.24) is 0 Å². The van der Waals surface area contributed by atoms with Gasteiger partial charge in [-0.3, -0.25) is 0 Å². The Hall–Kier alpha value is 0.668. The molecule has 9 heteroatoms. The van der Waals surface area contributed by atoms with Gasteiger partial charge in [-0.15, -0.1) is 0 Å². The van der Waals surface area contributed by atoms with Crippen molar-refractivity contribution in [2.75, 3.05) is 13.2 Å². The van der Waals surface area contributed by atoms with Gasteiger partial charge in [0, 0.05) is 13.2 Å². The van der Waals surface area contributed by atoms with Crippen molar-refractivity contribution in [3.63, 3.8) is 0 Å². The molecule has 0 spiro atoms. The third kappa shape index (κ3) is 4.88. The van der Waals surface area contributed by atoms with E-state index < -0.39 is 36.4 Å². The molecule has 0 aromatic carbocycles. The molecule has 1 heterocycles. The lowest BCUT2D eigenvalue weighted by molar-refractivity contribution is 0.0559. The van der Waals surface area contributed by atoms with Crippen LogP contribution >= 0.6 is 0 Å². The van der Waals surface area contributed by atoms with Gasteiger partial charge < -0.3 is 21.2 Å². The number of hydrogen-bond donors (Lipinski definition) is 0. The van der Waals surface area contributed by atoms with E-state index in [1.54, 1.807) is 0 Å². The van der Waals surface area contributed by atoms with Gasteiger partial charge in [-0.2, -0.15) is 0 Å². The molecule has 5 nitrogen and oxygen atoms in total. The van der Waals surface area contributed by atoms with Crippen LogP contribution in [0.4, 0.5) is 0 Å². The summed E-state index contributed by atoms with van der Waals surface area (Å²) in [6.07, 6.45) is 8.47. The van der Waals surface area contributed by atoms with Crippen LogP contribution in [0.1, 0.15) is 38.5 Å². The van der Waals surface area contributed by atoms with Crippen LogP contribution in [0.25, 0.3) is 0 Å². The topological polar surface area (TPSA) is 46.2 Å². The van der Waals surface area contributed by atoms with E-state index >= 15 is 0 Å². The van der Waals surface area contributed by atoms with Gasteiger partial charge in [0.05, 0.1) is 0 Å². The van der Waals surface area contributed by atoms with Crippen molar-refractivity contribution in [1.29, 1.82) is 0 Å². The van der Waals surface area contributed by atoms with E-state index in [0.717, 1.165) is 55.3 Å². The van der Waals surface area contributed by atoms with E-state index in [2.05, 4.69) is 26.2 Å². The van der Waals surface area contributed by atoms with E-state index in [1.165, 1.54) is 32.1 Å². The third-order valence-electron chi connectivity index (χ3n) is 7.41. The Kier molecular flexibility index (Phi) is 6.82. The summed E-state index contributed by atoms with van der Waals surface area (Å²) in [7, 11) is -6.95. The molecule has 1 aliphatic heterocycles. The van der Waals surface area contributed by atoms with Crippen LogP contribution in [0.5, 0.6) is 0 Å². The highest BCUT2D eigenvalue weighted by molar-refractivity contribution is 6.81. The van der Waals surface area contributed by atoms with Crippen LogP contribution in [0.2, 0.25) is 32.2 Å². The van der Waals surface area contributed by atoms with Crippen molar-refractivity contribution in [2.45, 2.75) is 70.8 Å². The molecular weight excluding hydrogens is 409 g/mol. The Morgan fingerprint density at radius 3 is 2.37 bits per heavy atom. The highest BCUT2D eigenvalue weighted by Crippen LogP contribution is 2.60. The maximum atomic E-state index is 6.35. The predicted octanol–water partition coefficient (Wildman–Crippen LogP) is 3.17. The summed E-state index contributed by atoms with van der Waals surface area (Å²) in [4.78, 5) is 0. The van der Waals surface area contributed by atoms with Gasteiger partial charge in [0.1, 0.15) is 0 Å². The molecule has 156 valence electrons. The smallest absolute Gasteiger partial charge is 0.317 e. The van der Waals surface area contributed by atoms with Crippen molar-refractivity contribution >= 4 is 36.4 Å². The summed E-state index contributed by atoms with van der Waals surface area (Å²) >= 11 is 0. The molecule has 7 unspecified atom stereocenters. The van der Waals surface area contributed by atoms with Gasteiger partial charge in [0.25, 0.3) is 27.9 Å². The maximum absolute atomic E-state index is 6.35. The summed E-state index contributed by atoms with van der Waals surface area (Å²) in [5.41, 5.74) is 0. The zero-order chi connectivity index (χ0) is 19.0. The number of rotatable bonds is 6. The van der Waals surface area contributed by atoms with E-state index in [4.69, 9.17) is 21.2 Å². The molecule has 3 aliphatic carbocycles. The van der Waals surface area contributed by atoms with Crippen molar-refractivity contribution in [3.8, 4) is 0 Å². The van der Waals surface area contributed by atoms with Crippen LogP contribution in [0, 0.1) is 29.6 Å². The average molecular weight is 447 g/mol. The largest absolute Gasteiger partial charge is 0.420 e. The van der Waals surface area contributed by atoms with Crippen molar-refractivity contribution < 1.29 is 21.2 Å². The molecule has 0 aromatic heterocycles. The van der Waals surface area contributed by atoms with E-state index in [-0.39, 0.29) is 0 Å². The van der Waals surface area contributed by atoms with Gasteiger partial charge in [0.15, 0.2) is 0 Å². The van der Waals surface area contributed by atoms with Gasteiger partial charge in [-0.1, -0.05) is 6.42 Å². The Morgan fingerprint density at radius 1 is 0.926 bits per heavy atom. The highest BCUT2D eigenvalue weighted by Gasteiger charge is 2.53. The molecule has 0 aromatic rings. The fourth-order valence-corrected chi connectivity index (χ4v) is 21.3. The SMILES string of the molecule is C[SiH]1O[SiH](C)O[Si](C)(CCCOCC2CC3CC2C2CCCC32)O[SiH](C)O1. The zero-order valence-corrected chi connectivity index (χ0v) is 22.0. The molecule has 4 rings (SSSR count). The lowest BCUT2D eigenvalue weighted by Gasteiger charge is -2.37. The second-order valence-electron chi connectivity index (χ2n) is 9.44. The van der Waals surface area contributed by atoms with Crippen LogP contribution in [-0.2, 0) is 21.2 Å². The first-order valence-electron chi connectivity index (χ1n) is 11.2. The maximum Gasteiger partial charge on any atom is 0.317 e. The van der Waals surface area contributed by atoms with E-state index in [1.807, 2.05) is 0 Å². The molecule has 7 atom stereocenters. The summed E-state index contributed by atoms with van der Waals surface area (Å²) < 4.78 is 30.9. The molecule has 0 amide bonds.